The summed E-state index contributed by atoms with van der Waals surface area (Å²) >= 11 is 3.62. The zero-order valence-electron chi connectivity index (χ0n) is 11.9. The van der Waals surface area contributed by atoms with Crippen molar-refractivity contribution >= 4 is 15.9 Å². The Bertz CT molecular complexity index is 425. The van der Waals surface area contributed by atoms with Gasteiger partial charge in [-0.1, -0.05) is 22.9 Å². The molecule has 1 heterocycles. The molecule has 3 nitrogen and oxygen atoms in total. The fourth-order valence-electron chi connectivity index (χ4n) is 2.59. The summed E-state index contributed by atoms with van der Waals surface area (Å²) in [5.41, 5.74) is 1.27. The Balaban J connectivity index is 2.04. The third kappa shape index (κ3) is 3.71. The molecular weight excluding hydrogens is 306 g/mol. The molecule has 0 aromatic heterocycles. The van der Waals surface area contributed by atoms with E-state index in [9.17, 15) is 0 Å². The summed E-state index contributed by atoms with van der Waals surface area (Å²) in [6.45, 7) is 5.34. The molecule has 0 N–H and O–H groups in total. The molecule has 2 rings (SSSR count). The SMILES string of the molecule is COc1ccc(Br)c(CN2CCC(C)C(OC)C2)c1. The summed E-state index contributed by atoms with van der Waals surface area (Å²) in [6.07, 6.45) is 1.54. The maximum Gasteiger partial charge on any atom is 0.119 e. The van der Waals surface area contributed by atoms with E-state index in [1.807, 2.05) is 13.2 Å². The first kappa shape index (κ1) is 14.8. The second-order valence-corrected chi connectivity index (χ2v) is 6.09. The molecule has 2 atom stereocenters. The normalized spacial score (nSPS) is 24.4. The van der Waals surface area contributed by atoms with Gasteiger partial charge in [0.1, 0.15) is 5.75 Å². The Morgan fingerprint density at radius 3 is 2.84 bits per heavy atom. The smallest absolute Gasteiger partial charge is 0.119 e. The van der Waals surface area contributed by atoms with Crippen molar-refractivity contribution in [2.75, 3.05) is 27.3 Å². The molecule has 4 heteroatoms. The topological polar surface area (TPSA) is 21.7 Å². The number of hydrogen-bond donors (Lipinski definition) is 0. The van der Waals surface area contributed by atoms with Crippen molar-refractivity contribution in [3.63, 3.8) is 0 Å². The summed E-state index contributed by atoms with van der Waals surface area (Å²) in [5, 5.41) is 0. The van der Waals surface area contributed by atoms with Gasteiger partial charge in [-0.3, -0.25) is 4.90 Å². The van der Waals surface area contributed by atoms with Crippen molar-refractivity contribution in [1.29, 1.82) is 0 Å². The van der Waals surface area contributed by atoms with E-state index >= 15 is 0 Å². The van der Waals surface area contributed by atoms with Gasteiger partial charge in [0.2, 0.25) is 0 Å². The minimum Gasteiger partial charge on any atom is -0.497 e. The zero-order valence-corrected chi connectivity index (χ0v) is 13.4. The summed E-state index contributed by atoms with van der Waals surface area (Å²) < 4.78 is 12.0. The molecular formula is C15H22BrNO2. The lowest BCUT2D eigenvalue weighted by atomic mass is 9.95. The molecule has 1 aliphatic heterocycles. The zero-order chi connectivity index (χ0) is 13.8. The number of piperidine rings is 1. The van der Waals surface area contributed by atoms with E-state index in [0.717, 1.165) is 29.9 Å². The summed E-state index contributed by atoms with van der Waals surface area (Å²) in [7, 11) is 3.52. The van der Waals surface area contributed by atoms with Gasteiger partial charge in [-0.25, -0.2) is 0 Å². The molecule has 0 aliphatic carbocycles. The number of hydrogen-bond acceptors (Lipinski definition) is 3. The van der Waals surface area contributed by atoms with Crippen LogP contribution in [0.25, 0.3) is 0 Å². The van der Waals surface area contributed by atoms with Gasteiger partial charge in [-0.2, -0.15) is 0 Å². The van der Waals surface area contributed by atoms with E-state index in [1.54, 1.807) is 7.11 Å². The van der Waals surface area contributed by atoms with Crippen LogP contribution in [0.5, 0.6) is 5.75 Å². The van der Waals surface area contributed by atoms with Crippen molar-refractivity contribution in [3.8, 4) is 5.75 Å². The lowest BCUT2D eigenvalue weighted by Crippen LogP contribution is -2.43. The average Bonchev–Trinajstić information content (AvgIpc) is 2.43. The van der Waals surface area contributed by atoms with Crippen LogP contribution < -0.4 is 4.74 Å². The molecule has 1 fully saturated rings. The van der Waals surface area contributed by atoms with Crippen LogP contribution in [-0.2, 0) is 11.3 Å². The molecule has 2 unspecified atom stereocenters. The number of benzene rings is 1. The lowest BCUT2D eigenvalue weighted by Gasteiger charge is -2.36. The minimum absolute atomic E-state index is 0.345. The van der Waals surface area contributed by atoms with Crippen molar-refractivity contribution in [2.24, 2.45) is 5.92 Å². The molecule has 1 saturated heterocycles. The molecule has 1 aromatic carbocycles. The highest BCUT2D eigenvalue weighted by Gasteiger charge is 2.26. The van der Waals surface area contributed by atoms with E-state index in [2.05, 4.69) is 39.9 Å². The van der Waals surface area contributed by atoms with Crippen LogP contribution in [0.2, 0.25) is 0 Å². The van der Waals surface area contributed by atoms with Gasteiger partial charge in [0.05, 0.1) is 13.2 Å². The van der Waals surface area contributed by atoms with Crippen molar-refractivity contribution in [1.82, 2.24) is 4.90 Å². The molecule has 1 aromatic rings. The van der Waals surface area contributed by atoms with Crippen LogP contribution in [-0.4, -0.2) is 38.3 Å². The van der Waals surface area contributed by atoms with Crippen molar-refractivity contribution in [2.45, 2.75) is 26.0 Å². The summed E-state index contributed by atoms with van der Waals surface area (Å²) in [6, 6.07) is 6.13. The molecule has 1 aliphatic rings. The fourth-order valence-corrected chi connectivity index (χ4v) is 2.96. The number of halogens is 1. The van der Waals surface area contributed by atoms with Gasteiger partial charge >= 0.3 is 0 Å². The van der Waals surface area contributed by atoms with E-state index in [0.29, 0.717) is 12.0 Å². The van der Waals surface area contributed by atoms with Crippen molar-refractivity contribution < 1.29 is 9.47 Å². The Labute approximate surface area is 124 Å². The third-order valence-corrected chi connectivity index (χ3v) is 4.70. The first-order valence-electron chi connectivity index (χ1n) is 6.71. The molecule has 106 valence electrons. The van der Waals surface area contributed by atoms with Gasteiger partial charge < -0.3 is 9.47 Å². The van der Waals surface area contributed by atoms with E-state index in [4.69, 9.17) is 9.47 Å². The number of rotatable bonds is 4. The van der Waals surface area contributed by atoms with E-state index < -0.39 is 0 Å². The quantitative estimate of drug-likeness (QED) is 0.846. The van der Waals surface area contributed by atoms with Gasteiger partial charge in [0.25, 0.3) is 0 Å². The van der Waals surface area contributed by atoms with E-state index in [1.165, 1.54) is 12.0 Å². The molecule has 19 heavy (non-hydrogen) atoms. The van der Waals surface area contributed by atoms with Crippen molar-refractivity contribution in [3.05, 3.63) is 28.2 Å². The molecule has 0 saturated carbocycles. The second-order valence-electron chi connectivity index (χ2n) is 5.23. The highest BCUT2D eigenvalue weighted by Crippen LogP contribution is 2.26. The number of likely N-dealkylation sites (tertiary alicyclic amines) is 1. The van der Waals surface area contributed by atoms with Crippen LogP contribution in [0.4, 0.5) is 0 Å². The summed E-state index contributed by atoms with van der Waals surface area (Å²) in [4.78, 5) is 2.45. The summed E-state index contributed by atoms with van der Waals surface area (Å²) in [5.74, 6) is 1.56. The average molecular weight is 328 g/mol. The number of methoxy groups -OCH3 is 2. The number of nitrogens with zero attached hydrogens (tertiary/aromatic N) is 1. The highest BCUT2D eigenvalue weighted by atomic mass is 79.9. The first-order valence-corrected chi connectivity index (χ1v) is 7.51. The van der Waals surface area contributed by atoms with Crippen LogP contribution in [0.3, 0.4) is 0 Å². The Kier molecular flexibility index (Phi) is 5.25. The molecule has 0 amide bonds. The molecule has 0 bridgehead atoms. The minimum atomic E-state index is 0.345. The Morgan fingerprint density at radius 2 is 2.16 bits per heavy atom. The molecule has 0 radical (unpaired) electrons. The highest BCUT2D eigenvalue weighted by molar-refractivity contribution is 9.10. The standard InChI is InChI=1S/C15H22BrNO2/c1-11-6-7-17(10-15(11)19-3)9-12-8-13(18-2)4-5-14(12)16/h4-5,8,11,15H,6-7,9-10H2,1-3H3. The maximum absolute atomic E-state index is 5.57. The van der Waals surface area contributed by atoms with Gasteiger partial charge in [0.15, 0.2) is 0 Å². The Hall–Kier alpha value is -0.580. The van der Waals surface area contributed by atoms with Crippen LogP contribution in [0, 0.1) is 5.92 Å². The first-order chi connectivity index (χ1) is 9.13. The predicted molar refractivity (Wildman–Crippen MR) is 80.5 cm³/mol. The maximum atomic E-state index is 5.57. The van der Waals surface area contributed by atoms with Crippen LogP contribution in [0.1, 0.15) is 18.9 Å². The monoisotopic (exact) mass is 327 g/mol. The third-order valence-electron chi connectivity index (χ3n) is 3.92. The second kappa shape index (κ2) is 6.73. The largest absolute Gasteiger partial charge is 0.497 e. The van der Waals surface area contributed by atoms with E-state index in [-0.39, 0.29) is 0 Å². The fraction of sp³-hybridized carbons (Fsp3) is 0.600. The van der Waals surface area contributed by atoms with Gasteiger partial charge in [-0.05, 0) is 42.6 Å². The van der Waals surface area contributed by atoms with Crippen LogP contribution >= 0.6 is 15.9 Å². The molecule has 0 spiro atoms. The van der Waals surface area contributed by atoms with Crippen LogP contribution in [0.15, 0.2) is 22.7 Å². The predicted octanol–water partition coefficient (Wildman–Crippen LogP) is 3.31. The lowest BCUT2D eigenvalue weighted by molar-refractivity contribution is -0.00751. The Morgan fingerprint density at radius 1 is 1.37 bits per heavy atom. The van der Waals surface area contributed by atoms with Gasteiger partial charge in [-0.15, -0.1) is 0 Å². The number of ether oxygens (including phenoxy) is 2. The van der Waals surface area contributed by atoms with Gasteiger partial charge in [0, 0.05) is 24.7 Å².